The average Bonchev–Trinajstić information content (AvgIpc) is 1.86. The van der Waals surface area contributed by atoms with Gasteiger partial charge in [-0.15, -0.1) is 0 Å². The molecule has 0 spiro atoms. The molecule has 0 unspecified atom stereocenters. The summed E-state index contributed by atoms with van der Waals surface area (Å²) in [5, 5.41) is 16.9. The molecule has 0 bridgehead atoms. The van der Waals surface area contributed by atoms with E-state index in [1.165, 1.54) is 0 Å². The minimum absolute atomic E-state index is 0.249. The zero-order valence-electron chi connectivity index (χ0n) is 5.95. The molecule has 1 saturated heterocycles. The van der Waals surface area contributed by atoms with Gasteiger partial charge in [-0.05, 0) is 6.42 Å². The summed E-state index contributed by atoms with van der Waals surface area (Å²) in [7, 11) is 0. The topological polar surface area (TPSA) is 47.3 Å². The third kappa shape index (κ3) is 1.69. The quantitative estimate of drug-likeness (QED) is 0.591. The first kappa shape index (κ1) is 7.52. The van der Waals surface area contributed by atoms with Gasteiger partial charge in [0.15, 0.2) is 0 Å². The summed E-state index contributed by atoms with van der Waals surface area (Å²) in [6, 6.07) is 2.20. The average molecular weight is 140 g/mol. The zero-order valence-corrected chi connectivity index (χ0v) is 5.95. The number of likely N-dealkylation sites (tertiary alicyclic amines) is 1. The third-order valence-electron chi connectivity index (χ3n) is 1.77. The lowest BCUT2D eigenvalue weighted by Crippen LogP contribution is -2.46. The molecule has 0 amide bonds. The van der Waals surface area contributed by atoms with Gasteiger partial charge in [0.1, 0.15) is 0 Å². The maximum absolute atomic E-state index is 8.47. The second kappa shape index (κ2) is 3.55. The van der Waals surface area contributed by atoms with Gasteiger partial charge in [0.25, 0.3) is 0 Å². The first-order valence-electron chi connectivity index (χ1n) is 3.59. The van der Waals surface area contributed by atoms with E-state index in [0.29, 0.717) is 0 Å². The van der Waals surface area contributed by atoms with Gasteiger partial charge >= 0.3 is 0 Å². The summed E-state index contributed by atoms with van der Waals surface area (Å²) in [5.74, 6) is 0.249. The Morgan fingerprint density at radius 1 is 1.60 bits per heavy atom. The predicted molar refractivity (Wildman–Crippen MR) is 37.2 cm³/mol. The number of nitrogens with zero attached hydrogens (tertiary/aromatic N) is 2. The Labute approximate surface area is 60.9 Å². The van der Waals surface area contributed by atoms with E-state index in [1.807, 2.05) is 0 Å². The van der Waals surface area contributed by atoms with Crippen molar-refractivity contribution in [2.75, 3.05) is 26.2 Å². The van der Waals surface area contributed by atoms with Gasteiger partial charge in [-0.25, -0.2) is 0 Å². The number of hydrogen-bond acceptors (Lipinski definition) is 3. The summed E-state index contributed by atoms with van der Waals surface area (Å²) in [6.45, 7) is 3.00. The summed E-state index contributed by atoms with van der Waals surface area (Å²) >= 11 is 0. The highest BCUT2D eigenvalue weighted by atomic mass is 16.3. The van der Waals surface area contributed by atoms with E-state index in [-0.39, 0.29) is 12.5 Å². The lowest BCUT2D eigenvalue weighted by atomic mass is 10.0. The van der Waals surface area contributed by atoms with Crippen molar-refractivity contribution in [3.05, 3.63) is 0 Å². The minimum Gasteiger partial charge on any atom is -0.396 e. The fraction of sp³-hybridized carbons (Fsp3) is 0.857. The van der Waals surface area contributed by atoms with Crippen molar-refractivity contribution < 1.29 is 5.11 Å². The van der Waals surface area contributed by atoms with Crippen LogP contribution in [0.15, 0.2) is 0 Å². The van der Waals surface area contributed by atoms with Crippen LogP contribution in [0.3, 0.4) is 0 Å². The molecular formula is C7H12N2O. The van der Waals surface area contributed by atoms with E-state index in [9.17, 15) is 0 Å². The lowest BCUT2D eigenvalue weighted by Gasteiger charge is -2.34. The van der Waals surface area contributed by atoms with Crippen LogP contribution in [0.25, 0.3) is 0 Å². The molecule has 3 nitrogen and oxygen atoms in total. The second-order valence-corrected chi connectivity index (χ2v) is 2.66. The van der Waals surface area contributed by atoms with Crippen LogP contribution in [-0.2, 0) is 0 Å². The first-order chi connectivity index (χ1) is 4.86. The molecule has 0 atom stereocenters. The Morgan fingerprint density at radius 3 is 2.80 bits per heavy atom. The van der Waals surface area contributed by atoms with Crippen molar-refractivity contribution in [3.8, 4) is 6.07 Å². The Morgan fingerprint density at radius 2 is 2.30 bits per heavy atom. The number of aliphatic hydroxyl groups excluding tert-OH is 1. The fourth-order valence-corrected chi connectivity index (χ4v) is 1.13. The molecule has 10 heavy (non-hydrogen) atoms. The van der Waals surface area contributed by atoms with Crippen molar-refractivity contribution in [1.29, 1.82) is 5.26 Å². The van der Waals surface area contributed by atoms with E-state index >= 15 is 0 Å². The molecule has 1 N–H and O–H groups in total. The molecule has 1 aliphatic rings. The van der Waals surface area contributed by atoms with Crippen LogP contribution in [0.5, 0.6) is 0 Å². The van der Waals surface area contributed by atoms with Crippen molar-refractivity contribution in [1.82, 2.24) is 4.90 Å². The number of rotatable bonds is 3. The maximum Gasteiger partial charge on any atom is 0.0717 e. The molecule has 3 heteroatoms. The number of nitriles is 1. The van der Waals surface area contributed by atoms with E-state index in [0.717, 1.165) is 26.1 Å². The summed E-state index contributed by atoms with van der Waals surface area (Å²) in [6.07, 6.45) is 0.831. The van der Waals surface area contributed by atoms with E-state index in [2.05, 4.69) is 11.0 Å². The van der Waals surface area contributed by atoms with Crippen molar-refractivity contribution in [2.45, 2.75) is 6.42 Å². The van der Waals surface area contributed by atoms with Crippen molar-refractivity contribution >= 4 is 0 Å². The van der Waals surface area contributed by atoms with E-state index in [1.54, 1.807) is 0 Å². The van der Waals surface area contributed by atoms with Crippen molar-refractivity contribution in [2.24, 2.45) is 5.92 Å². The van der Waals surface area contributed by atoms with Gasteiger partial charge in [0.2, 0.25) is 0 Å². The Hall–Kier alpha value is -0.590. The molecule has 0 aromatic carbocycles. The van der Waals surface area contributed by atoms with Crippen molar-refractivity contribution in [3.63, 3.8) is 0 Å². The number of hydrogen-bond donors (Lipinski definition) is 1. The highest BCUT2D eigenvalue weighted by molar-refractivity contribution is 4.94. The zero-order chi connectivity index (χ0) is 7.40. The second-order valence-electron chi connectivity index (χ2n) is 2.66. The SMILES string of the molecule is N#CC1CN(CCCO)C1. The summed E-state index contributed by atoms with van der Waals surface area (Å²) in [4.78, 5) is 2.18. The molecule has 1 heterocycles. The van der Waals surface area contributed by atoms with E-state index in [4.69, 9.17) is 10.4 Å². The van der Waals surface area contributed by atoms with Crippen LogP contribution in [0.4, 0.5) is 0 Å². The summed E-state index contributed by atoms with van der Waals surface area (Å²) in [5.41, 5.74) is 0. The van der Waals surface area contributed by atoms with Crippen LogP contribution in [0.1, 0.15) is 6.42 Å². The van der Waals surface area contributed by atoms with Gasteiger partial charge in [-0.2, -0.15) is 5.26 Å². The van der Waals surface area contributed by atoms with Gasteiger partial charge in [-0.1, -0.05) is 0 Å². The molecule has 0 saturated carbocycles. The van der Waals surface area contributed by atoms with Crippen LogP contribution in [0.2, 0.25) is 0 Å². The third-order valence-corrected chi connectivity index (χ3v) is 1.77. The van der Waals surface area contributed by atoms with Crippen LogP contribution < -0.4 is 0 Å². The molecule has 0 aliphatic carbocycles. The van der Waals surface area contributed by atoms with Gasteiger partial charge < -0.3 is 10.0 Å². The predicted octanol–water partition coefficient (Wildman–Crippen LogP) is -0.176. The highest BCUT2D eigenvalue weighted by Gasteiger charge is 2.24. The molecule has 0 radical (unpaired) electrons. The van der Waals surface area contributed by atoms with Crippen LogP contribution >= 0.6 is 0 Å². The molecular weight excluding hydrogens is 128 g/mol. The molecule has 1 fully saturated rings. The van der Waals surface area contributed by atoms with Gasteiger partial charge in [0.05, 0.1) is 12.0 Å². The normalized spacial score (nSPS) is 20.0. The molecule has 0 aromatic rings. The first-order valence-corrected chi connectivity index (χ1v) is 3.59. The molecule has 1 rings (SSSR count). The minimum atomic E-state index is 0.249. The van der Waals surface area contributed by atoms with E-state index < -0.39 is 0 Å². The molecule has 0 aromatic heterocycles. The fourth-order valence-electron chi connectivity index (χ4n) is 1.13. The largest absolute Gasteiger partial charge is 0.396 e. The molecule has 56 valence electrons. The number of aliphatic hydroxyl groups is 1. The standard InChI is InChI=1S/C7H12N2O/c8-4-7-5-9(6-7)2-1-3-10/h7,10H,1-3,5-6H2. The highest BCUT2D eigenvalue weighted by Crippen LogP contribution is 2.13. The smallest absolute Gasteiger partial charge is 0.0717 e. The van der Waals surface area contributed by atoms with Gasteiger partial charge in [0, 0.05) is 26.2 Å². The Balaban J connectivity index is 1.99. The maximum atomic E-state index is 8.47. The Kier molecular flexibility index (Phi) is 2.67. The lowest BCUT2D eigenvalue weighted by molar-refractivity contribution is 0.123. The monoisotopic (exact) mass is 140 g/mol. The molecule has 1 aliphatic heterocycles. The van der Waals surface area contributed by atoms with Gasteiger partial charge in [-0.3, -0.25) is 0 Å². The van der Waals surface area contributed by atoms with Crippen LogP contribution in [0, 0.1) is 17.2 Å². The summed E-state index contributed by atoms with van der Waals surface area (Å²) < 4.78 is 0. The van der Waals surface area contributed by atoms with Crippen LogP contribution in [-0.4, -0.2) is 36.2 Å². The Bertz CT molecular complexity index is 135.